The molecule has 0 amide bonds. The highest BCUT2D eigenvalue weighted by molar-refractivity contribution is 5.89. The molecule has 0 radical (unpaired) electrons. The van der Waals surface area contributed by atoms with Gasteiger partial charge in [-0.2, -0.15) is 0 Å². The Morgan fingerprint density at radius 1 is 1.15 bits per heavy atom. The maximum absolute atomic E-state index is 9.48. The van der Waals surface area contributed by atoms with Crippen LogP contribution in [-0.2, 0) is 0 Å². The number of nitrogens with one attached hydrogen (secondary N) is 1. The minimum absolute atomic E-state index is 0.216. The molecule has 0 bridgehead atoms. The molecule has 2 aromatic carbocycles. The average molecular weight is 273 g/mol. The third-order valence-corrected chi connectivity index (χ3v) is 3.36. The van der Waals surface area contributed by atoms with E-state index < -0.39 is 6.10 Å². The second-order valence-corrected chi connectivity index (χ2v) is 5.14. The summed E-state index contributed by atoms with van der Waals surface area (Å²) in [5.74, 6) is 0.873. The molecule has 0 fully saturated rings. The number of benzene rings is 2. The smallest absolute Gasteiger partial charge is 0.132 e. The predicted molar refractivity (Wildman–Crippen MR) is 83.2 cm³/mol. The molecule has 2 unspecified atom stereocenters. The van der Waals surface area contributed by atoms with Crippen molar-refractivity contribution in [2.24, 2.45) is 0 Å². The Morgan fingerprint density at radius 3 is 2.60 bits per heavy atom. The van der Waals surface area contributed by atoms with Crippen LogP contribution in [0.1, 0.15) is 32.4 Å². The van der Waals surface area contributed by atoms with E-state index in [1.54, 1.807) is 6.92 Å². The van der Waals surface area contributed by atoms with Crippen LogP contribution in [0.25, 0.3) is 10.8 Å². The van der Waals surface area contributed by atoms with Crippen LogP contribution in [0.3, 0.4) is 0 Å². The lowest BCUT2D eigenvalue weighted by Gasteiger charge is -2.20. The quantitative estimate of drug-likeness (QED) is 0.848. The number of fused-ring (bicyclic) bond motifs is 1. The topological polar surface area (TPSA) is 41.5 Å². The molecule has 3 nitrogen and oxygen atoms in total. The number of hydrogen-bond donors (Lipinski definition) is 2. The van der Waals surface area contributed by atoms with Crippen molar-refractivity contribution in [1.29, 1.82) is 0 Å². The summed E-state index contributed by atoms with van der Waals surface area (Å²) in [6.45, 7) is 7.17. The maximum Gasteiger partial charge on any atom is 0.132 e. The first-order valence-corrected chi connectivity index (χ1v) is 7.19. The van der Waals surface area contributed by atoms with Gasteiger partial charge in [-0.3, -0.25) is 0 Å². The molecule has 0 spiro atoms. The van der Waals surface area contributed by atoms with Crippen molar-refractivity contribution < 1.29 is 9.84 Å². The van der Waals surface area contributed by atoms with E-state index in [1.165, 1.54) is 0 Å². The monoisotopic (exact) mass is 273 g/mol. The number of hydrogen-bond acceptors (Lipinski definition) is 3. The van der Waals surface area contributed by atoms with Crippen LogP contribution in [-0.4, -0.2) is 24.4 Å². The van der Waals surface area contributed by atoms with Crippen LogP contribution >= 0.6 is 0 Å². The Labute approximate surface area is 120 Å². The second kappa shape index (κ2) is 6.73. The van der Waals surface area contributed by atoms with E-state index in [9.17, 15) is 5.11 Å². The van der Waals surface area contributed by atoms with Crippen LogP contribution in [0, 0.1) is 0 Å². The highest BCUT2D eigenvalue weighted by atomic mass is 16.5. The summed E-state index contributed by atoms with van der Waals surface area (Å²) in [7, 11) is 0. The molecule has 0 aromatic heterocycles. The zero-order valence-corrected chi connectivity index (χ0v) is 12.4. The fourth-order valence-electron chi connectivity index (χ4n) is 2.38. The van der Waals surface area contributed by atoms with Crippen molar-refractivity contribution in [2.45, 2.75) is 32.9 Å². The standard InChI is InChI=1S/C17H23NO2/c1-4-18-13(3)15-10-9-14-7-5-6-8-16(14)17(15)20-11-12(2)19/h5-10,12-13,18-19H,4,11H2,1-3H3. The normalized spacial score (nSPS) is 14.2. The molecule has 0 aliphatic heterocycles. The summed E-state index contributed by atoms with van der Waals surface area (Å²) >= 11 is 0. The Morgan fingerprint density at radius 2 is 1.90 bits per heavy atom. The van der Waals surface area contributed by atoms with Gasteiger partial charge in [0.1, 0.15) is 12.4 Å². The maximum atomic E-state index is 9.48. The Kier molecular flexibility index (Phi) is 4.99. The fourth-order valence-corrected chi connectivity index (χ4v) is 2.38. The van der Waals surface area contributed by atoms with Crippen molar-refractivity contribution in [3.63, 3.8) is 0 Å². The number of ether oxygens (including phenoxy) is 1. The lowest BCUT2D eigenvalue weighted by Crippen LogP contribution is -2.20. The molecule has 0 aliphatic carbocycles. The van der Waals surface area contributed by atoms with Gasteiger partial charge in [0, 0.05) is 17.0 Å². The molecule has 2 aromatic rings. The molecule has 2 rings (SSSR count). The van der Waals surface area contributed by atoms with Crippen LogP contribution in [0.2, 0.25) is 0 Å². The van der Waals surface area contributed by atoms with Gasteiger partial charge in [0.05, 0.1) is 6.10 Å². The lowest BCUT2D eigenvalue weighted by atomic mass is 10.0. The van der Waals surface area contributed by atoms with Gasteiger partial charge in [0.15, 0.2) is 0 Å². The fraction of sp³-hybridized carbons (Fsp3) is 0.412. The summed E-state index contributed by atoms with van der Waals surface area (Å²) in [5, 5.41) is 15.1. The second-order valence-electron chi connectivity index (χ2n) is 5.14. The van der Waals surface area contributed by atoms with E-state index in [-0.39, 0.29) is 6.04 Å². The van der Waals surface area contributed by atoms with E-state index in [4.69, 9.17) is 4.74 Å². The summed E-state index contributed by atoms with van der Waals surface area (Å²) in [6, 6.07) is 12.6. The van der Waals surface area contributed by atoms with E-state index in [2.05, 4.69) is 43.4 Å². The van der Waals surface area contributed by atoms with Gasteiger partial charge in [0.25, 0.3) is 0 Å². The molecule has 3 heteroatoms. The van der Waals surface area contributed by atoms with Crippen LogP contribution in [0.5, 0.6) is 5.75 Å². The van der Waals surface area contributed by atoms with Crippen molar-refractivity contribution in [2.75, 3.05) is 13.2 Å². The number of aliphatic hydroxyl groups excluding tert-OH is 1. The molecule has 0 heterocycles. The van der Waals surface area contributed by atoms with Crippen LogP contribution < -0.4 is 10.1 Å². The van der Waals surface area contributed by atoms with E-state index in [1.807, 2.05) is 12.1 Å². The van der Waals surface area contributed by atoms with Crippen LogP contribution in [0.15, 0.2) is 36.4 Å². The molecule has 2 atom stereocenters. The highest BCUT2D eigenvalue weighted by Crippen LogP contribution is 2.33. The first kappa shape index (κ1) is 14.8. The minimum atomic E-state index is -0.476. The van der Waals surface area contributed by atoms with Gasteiger partial charge in [-0.05, 0) is 25.8 Å². The molecule has 2 N–H and O–H groups in total. The summed E-state index contributed by atoms with van der Waals surface area (Å²) in [6.07, 6.45) is -0.476. The van der Waals surface area contributed by atoms with Gasteiger partial charge in [-0.25, -0.2) is 0 Å². The molecule has 0 saturated carbocycles. The van der Waals surface area contributed by atoms with Gasteiger partial charge in [0.2, 0.25) is 0 Å². The van der Waals surface area contributed by atoms with Crippen molar-refractivity contribution in [3.05, 3.63) is 42.0 Å². The van der Waals surface area contributed by atoms with Gasteiger partial charge in [-0.1, -0.05) is 43.3 Å². The first-order valence-electron chi connectivity index (χ1n) is 7.19. The van der Waals surface area contributed by atoms with Crippen molar-refractivity contribution in [3.8, 4) is 5.75 Å². The SMILES string of the molecule is CCNC(C)c1ccc2ccccc2c1OCC(C)O. The molecular formula is C17H23NO2. The third-order valence-electron chi connectivity index (χ3n) is 3.36. The summed E-state index contributed by atoms with van der Waals surface area (Å²) in [5.41, 5.74) is 1.13. The first-order chi connectivity index (χ1) is 9.63. The highest BCUT2D eigenvalue weighted by Gasteiger charge is 2.14. The number of aliphatic hydroxyl groups is 1. The zero-order valence-electron chi connectivity index (χ0n) is 12.4. The van der Waals surface area contributed by atoms with Crippen LogP contribution in [0.4, 0.5) is 0 Å². The Balaban J connectivity index is 2.46. The van der Waals surface area contributed by atoms with Gasteiger partial charge < -0.3 is 15.2 Å². The average Bonchev–Trinajstić information content (AvgIpc) is 2.44. The van der Waals surface area contributed by atoms with Gasteiger partial charge >= 0.3 is 0 Å². The molecule has 20 heavy (non-hydrogen) atoms. The third kappa shape index (κ3) is 3.30. The largest absolute Gasteiger partial charge is 0.490 e. The zero-order chi connectivity index (χ0) is 14.5. The lowest BCUT2D eigenvalue weighted by molar-refractivity contribution is 0.122. The number of rotatable bonds is 6. The van der Waals surface area contributed by atoms with E-state index in [0.717, 1.165) is 28.6 Å². The Hall–Kier alpha value is -1.58. The van der Waals surface area contributed by atoms with Crippen molar-refractivity contribution >= 4 is 10.8 Å². The molecule has 0 saturated heterocycles. The minimum Gasteiger partial charge on any atom is -0.490 e. The summed E-state index contributed by atoms with van der Waals surface area (Å²) in [4.78, 5) is 0. The Bertz CT molecular complexity index is 566. The predicted octanol–water partition coefficient (Wildman–Crippen LogP) is 3.27. The molecular weight excluding hydrogens is 250 g/mol. The molecule has 0 aliphatic rings. The van der Waals surface area contributed by atoms with Gasteiger partial charge in [-0.15, -0.1) is 0 Å². The molecule has 108 valence electrons. The van der Waals surface area contributed by atoms with E-state index >= 15 is 0 Å². The van der Waals surface area contributed by atoms with E-state index in [0.29, 0.717) is 6.61 Å². The summed E-state index contributed by atoms with van der Waals surface area (Å²) < 4.78 is 5.89. The van der Waals surface area contributed by atoms with Crippen molar-refractivity contribution in [1.82, 2.24) is 5.32 Å².